The molecule has 1 N–H and O–H groups in total. The van der Waals surface area contributed by atoms with Gasteiger partial charge in [0.15, 0.2) is 0 Å². The first-order valence-electron chi connectivity index (χ1n) is 5.80. The van der Waals surface area contributed by atoms with E-state index in [2.05, 4.69) is 26.1 Å². The predicted octanol–water partition coefficient (Wildman–Crippen LogP) is 2.95. The standard InChI is InChI=1S/C12H22ClNO/c1-12(2,3)9-6-4-5-7-10(9)14-11(15)8-13/h9-10H,4-8H2,1-3H3,(H,14,15). The lowest BCUT2D eigenvalue weighted by Crippen LogP contribution is -2.47. The molecule has 15 heavy (non-hydrogen) atoms. The van der Waals surface area contributed by atoms with Crippen LogP contribution in [0.25, 0.3) is 0 Å². The van der Waals surface area contributed by atoms with E-state index in [1.54, 1.807) is 0 Å². The topological polar surface area (TPSA) is 29.1 Å². The van der Waals surface area contributed by atoms with Gasteiger partial charge >= 0.3 is 0 Å². The van der Waals surface area contributed by atoms with Crippen LogP contribution in [0, 0.1) is 11.3 Å². The van der Waals surface area contributed by atoms with Crippen molar-refractivity contribution < 1.29 is 4.79 Å². The second-order valence-corrected chi connectivity index (χ2v) is 5.83. The van der Waals surface area contributed by atoms with E-state index < -0.39 is 0 Å². The third-order valence-electron chi connectivity index (χ3n) is 3.35. The van der Waals surface area contributed by atoms with Crippen molar-refractivity contribution in [2.45, 2.75) is 52.5 Å². The quantitative estimate of drug-likeness (QED) is 0.728. The maximum absolute atomic E-state index is 11.3. The summed E-state index contributed by atoms with van der Waals surface area (Å²) >= 11 is 5.52. The van der Waals surface area contributed by atoms with Gasteiger partial charge in [-0.2, -0.15) is 0 Å². The van der Waals surface area contributed by atoms with Crippen LogP contribution in [0.3, 0.4) is 0 Å². The summed E-state index contributed by atoms with van der Waals surface area (Å²) in [5.74, 6) is 0.629. The number of hydrogen-bond acceptors (Lipinski definition) is 1. The number of halogens is 1. The minimum absolute atomic E-state index is 0.0298. The molecule has 1 saturated carbocycles. The van der Waals surface area contributed by atoms with Gasteiger partial charge in [-0.3, -0.25) is 4.79 Å². The molecule has 0 saturated heterocycles. The molecule has 1 aliphatic rings. The predicted molar refractivity (Wildman–Crippen MR) is 64.1 cm³/mol. The normalized spacial score (nSPS) is 27.5. The van der Waals surface area contributed by atoms with Crippen LogP contribution in [-0.4, -0.2) is 17.8 Å². The Morgan fingerprint density at radius 1 is 1.33 bits per heavy atom. The van der Waals surface area contributed by atoms with E-state index in [0.717, 1.165) is 6.42 Å². The summed E-state index contributed by atoms with van der Waals surface area (Å²) in [4.78, 5) is 11.3. The van der Waals surface area contributed by atoms with Gasteiger partial charge in [0.2, 0.25) is 5.91 Å². The fraction of sp³-hybridized carbons (Fsp3) is 0.917. The number of alkyl halides is 1. The number of hydrogen-bond donors (Lipinski definition) is 1. The first-order chi connectivity index (χ1) is 6.95. The summed E-state index contributed by atoms with van der Waals surface area (Å²) in [5.41, 5.74) is 0.269. The summed E-state index contributed by atoms with van der Waals surface area (Å²) in [7, 11) is 0. The summed E-state index contributed by atoms with van der Waals surface area (Å²) in [6.45, 7) is 6.76. The maximum Gasteiger partial charge on any atom is 0.235 e. The van der Waals surface area contributed by atoms with Gasteiger partial charge in [-0.05, 0) is 24.2 Å². The van der Waals surface area contributed by atoms with E-state index in [0.29, 0.717) is 12.0 Å². The summed E-state index contributed by atoms with van der Waals surface area (Å²) in [6, 6.07) is 0.324. The molecular formula is C12H22ClNO. The third kappa shape index (κ3) is 3.67. The van der Waals surface area contributed by atoms with E-state index in [1.165, 1.54) is 19.3 Å². The Bertz CT molecular complexity index is 222. The smallest absolute Gasteiger partial charge is 0.235 e. The van der Waals surface area contributed by atoms with Gasteiger partial charge < -0.3 is 5.32 Å². The Balaban J connectivity index is 2.62. The van der Waals surface area contributed by atoms with Crippen LogP contribution in [0.4, 0.5) is 0 Å². The van der Waals surface area contributed by atoms with E-state index in [4.69, 9.17) is 11.6 Å². The van der Waals surface area contributed by atoms with Gasteiger partial charge in [0, 0.05) is 6.04 Å². The molecule has 88 valence electrons. The molecule has 1 amide bonds. The molecule has 0 bridgehead atoms. The van der Waals surface area contributed by atoms with E-state index >= 15 is 0 Å². The molecule has 2 unspecified atom stereocenters. The van der Waals surface area contributed by atoms with Crippen LogP contribution in [-0.2, 0) is 4.79 Å². The molecule has 0 spiro atoms. The van der Waals surface area contributed by atoms with Gasteiger partial charge in [-0.15, -0.1) is 11.6 Å². The number of rotatable bonds is 2. The minimum atomic E-state index is -0.0298. The Labute approximate surface area is 97.8 Å². The van der Waals surface area contributed by atoms with Crippen LogP contribution in [0.5, 0.6) is 0 Å². The number of carbonyl (C=O) groups excluding carboxylic acids is 1. The van der Waals surface area contributed by atoms with Crippen molar-refractivity contribution in [3.63, 3.8) is 0 Å². The first kappa shape index (κ1) is 12.8. The van der Waals surface area contributed by atoms with Crippen molar-refractivity contribution in [2.24, 2.45) is 11.3 Å². The highest BCUT2D eigenvalue weighted by molar-refractivity contribution is 6.27. The van der Waals surface area contributed by atoms with Crippen LogP contribution in [0.2, 0.25) is 0 Å². The number of amides is 1. The van der Waals surface area contributed by atoms with Gasteiger partial charge in [0.25, 0.3) is 0 Å². The van der Waals surface area contributed by atoms with E-state index in [9.17, 15) is 4.79 Å². The Morgan fingerprint density at radius 3 is 2.47 bits per heavy atom. The van der Waals surface area contributed by atoms with Crippen molar-refractivity contribution in [2.75, 3.05) is 5.88 Å². The lowest BCUT2D eigenvalue weighted by molar-refractivity contribution is -0.120. The molecular weight excluding hydrogens is 210 g/mol. The zero-order valence-corrected chi connectivity index (χ0v) is 10.7. The van der Waals surface area contributed by atoms with Crippen molar-refractivity contribution >= 4 is 17.5 Å². The Morgan fingerprint density at radius 2 is 1.93 bits per heavy atom. The van der Waals surface area contributed by atoms with Crippen LogP contribution < -0.4 is 5.32 Å². The molecule has 1 aliphatic carbocycles. The lowest BCUT2D eigenvalue weighted by atomic mass is 9.69. The van der Waals surface area contributed by atoms with E-state index in [1.807, 2.05) is 0 Å². The average Bonchev–Trinajstić information content (AvgIpc) is 2.17. The Hall–Kier alpha value is -0.240. The fourth-order valence-corrected chi connectivity index (χ4v) is 2.66. The molecule has 0 radical (unpaired) electrons. The molecule has 0 aliphatic heterocycles. The lowest BCUT2D eigenvalue weighted by Gasteiger charge is -2.40. The highest BCUT2D eigenvalue weighted by Crippen LogP contribution is 2.37. The minimum Gasteiger partial charge on any atom is -0.352 e. The van der Waals surface area contributed by atoms with Crippen molar-refractivity contribution in [1.29, 1.82) is 0 Å². The summed E-state index contributed by atoms with van der Waals surface area (Å²) in [6.07, 6.45) is 4.83. The molecule has 0 aromatic carbocycles. The summed E-state index contributed by atoms with van der Waals surface area (Å²) < 4.78 is 0. The number of nitrogens with one attached hydrogen (secondary N) is 1. The second kappa shape index (κ2) is 5.20. The van der Waals surface area contributed by atoms with Crippen molar-refractivity contribution in [3.05, 3.63) is 0 Å². The van der Waals surface area contributed by atoms with Crippen molar-refractivity contribution in [3.8, 4) is 0 Å². The van der Waals surface area contributed by atoms with Crippen LogP contribution in [0.15, 0.2) is 0 Å². The first-order valence-corrected chi connectivity index (χ1v) is 6.34. The molecule has 3 heteroatoms. The van der Waals surface area contributed by atoms with Gasteiger partial charge in [-0.1, -0.05) is 33.6 Å². The zero-order valence-electron chi connectivity index (χ0n) is 9.98. The molecule has 0 heterocycles. The van der Waals surface area contributed by atoms with Crippen LogP contribution in [0.1, 0.15) is 46.5 Å². The molecule has 1 rings (SSSR count). The SMILES string of the molecule is CC(C)(C)C1CCCCC1NC(=O)CCl. The average molecular weight is 232 g/mol. The third-order valence-corrected chi connectivity index (χ3v) is 3.59. The highest BCUT2D eigenvalue weighted by Gasteiger charge is 2.34. The second-order valence-electron chi connectivity index (χ2n) is 5.56. The summed E-state index contributed by atoms with van der Waals surface area (Å²) in [5, 5.41) is 3.05. The highest BCUT2D eigenvalue weighted by atomic mass is 35.5. The van der Waals surface area contributed by atoms with Gasteiger partial charge in [0.05, 0.1) is 0 Å². The largest absolute Gasteiger partial charge is 0.352 e. The molecule has 1 fully saturated rings. The monoisotopic (exact) mass is 231 g/mol. The molecule has 0 aromatic heterocycles. The molecule has 2 atom stereocenters. The fourth-order valence-electron chi connectivity index (χ4n) is 2.59. The van der Waals surface area contributed by atoms with E-state index in [-0.39, 0.29) is 17.2 Å². The molecule has 2 nitrogen and oxygen atoms in total. The number of carbonyl (C=O) groups is 1. The Kier molecular flexibility index (Phi) is 4.45. The zero-order chi connectivity index (χ0) is 11.5. The van der Waals surface area contributed by atoms with Crippen LogP contribution >= 0.6 is 11.6 Å². The molecule has 0 aromatic rings. The van der Waals surface area contributed by atoms with Gasteiger partial charge in [-0.25, -0.2) is 0 Å². The van der Waals surface area contributed by atoms with Crippen molar-refractivity contribution in [1.82, 2.24) is 5.32 Å². The maximum atomic E-state index is 11.3. The van der Waals surface area contributed by atoms with Gasteiger partial charge in [0.1, 0.15) is 5.88 Å².